The van der Waals surface area contributed by atoms with E-state index in [1.165, 1.54) is 12.1 Å². The first-order chi connectivity index (χ1) is 21.5. The Morgan fingerprint density at radius 1 is 0.957 bits per heavy atom. The third-order valence-electron chi connectivity index (χ3n) is 7.44. The van der Waals surface area contributed by atoms with Gasteiger partial charge in [-0.1, -0.05) is 49.7 Å². The van der Waals surface area contributed by atoms with Crippen molar-refractivity contribution in [3.05, 3.63) is 64.7 Å². The Labute approximate surface area is 274 Å². The molecule has 3 N–H and O–H groups in total. The van der Waals surface area contributed by atoms with Crippen LogP contribution in [0.1, 0.15) is 96.0 Å². The molecule has 2 aromatic rings. The van der Waals surface area contributed by atoms with Gasteiger partial charge in [0.05, 0.1) is 13.0 Å². The molecule has 2 rings (SSSR count). The fourth-order valence-corrected chi connectivity index (χ4v) is 5.18. The predicted octanol–water partition coefficient (Wildman–Crippen LogP) is 5.91. The number of rotatable bonds is 15. The van der Waals surface area contributed by atoms with Crippen LogP contribution in [0.5, 0.6) is 5.75 Å². The van der Waals surface area contributed by atoms with Gasteiger partial charge in [-0.3, -0.25) is 14.4 Å². The van der Waals surface area contributed by atoms with Crippen LogP contribution < -0.4 is 10.6 Å². The molecule has 2 aromatic carbocycles. The van der Waals surface area contributed by atoms with Crippen LogP contribution in [0.25, 0.3) is 0 Å². The Kier molecular flexibility index (Phi) is 14.6. The van der Waals surface area contributed by atoms with Crippen molar-refractivity contribution in [3.8, 4) is 5.75 Å². The Bertz CT molecular complexity index is 1320. The van der Waals surface area contributed by atoms with E-state index in [9.17, 15) is 24.3 Å². The van der Waals surface area contributed by atoms with Crippen LogP contribution in [0.2, 0.25) is 0 Å². The van der Waals surface area contributed by atoms with Crippen LogP contribution in [-0.2, 0) is 30.3 Å². The molecule has 0 aliphatic carbocycles. The maximum absolute atomic E-state index is 14.8. The van der Waals surface area contributed by atoms with Gasteiger partial charge in [0, 0.05) is 19.0 Å². The molecule has 254 valence electrons. The van der Waals surface area contributed by atoms with Crippen molar-refractivity contribution in [1.82, 2.24) is 15.5 Å². The normalized spacial score (nSPS) is 13.3. The molecule has 0 heterocycles. The number of benzene rings is 2. The van der Waals surface area contributed by atoms with Crippen molar-refractivity contribution in [1.29, 1.82) is 0 Å². The number of alkyl carbamates (subject to hydrolysis) is 1. The minimum atomic E-state index is -1.10. The third kappa shape index (κ3) is 12.4. The van der Waals surface area contributed by atoms with E-state index in [2.05, 4.69) is 24.5 Å². The smallest absolute Gasteiger partial charge is 0.408 e. The van der Waals surface area contributed by atoms with Crippen molar-refractivity contribution >= 4 is 23.9 Å². The van der Waals surface area contributed by atoms with Gasteiger partial charge in [0.25, 0.3) is 0 Å². The van der Waals surface area contributed by atoms with E-state index in [-0.39, 0.29) is 31.7 Å². The number of hydrogen-bond acceptors (Lipinski definition) is 7. The summed E-state index contributed by atoms with van der Waals surface area (Å²) in [7, 11) is 0. The number of phenols is 1. The highest BCUT2D eigenvalue weighted by Gasteiger charge is 2.39. The summed E-state index contributed by atoms with van der Waals surface area (Å²) in [6.45, 7) is 17.2. The Balaban J connectivity index is 2.66. The lowest BCUT2D eigenvalue weighted by Gasteiger charge is -2.39. The molecule has 0 saturated heterocycles. The van der Waals surface area contributed by atoms with E-state index in [0.29, 0.717) is 23.5 Å². The van der Waals surface area contributed by atoms with Crippen LogP contribution in [0.15, 0.2) is 42.5 Å². The SMILES string of the molecule is CCOC(=O)CCNC(=O)C(c1ccc(C)cc1C)N(C(=O)C(Cc1ccc(O)cc1)NC(=O)OC(C)(C)C)C(C)CCC(C)C. The van der Waals surface area contributed by atoms with E-state index in [0.717, 1.165) is 17.5 Å². The zero-order chi connectivity index (χ0) is 34.6. The molecular formula is C36H53N3O7. The average Bonchev–Trinajstić information content (AvgIpc) is 2.94. The molecule has 0 bridgehead atoms. The fraction of sp³-hybridized carbons (Fsp3) is 0.556. The first-order valence-corrected chi connectivity index (χ1v) is 16.1. The lowest BCUT2D eigenvalue weighted by Crippen LogP contribution is -2.56. The number of nitrogens with zero attached hydrogens (tertiary/aromatic N) is 1. The average molecular weight is 640 g/mol. The lowest BCUT2D eigenvalue weighted by molar-refractivity contribution is -0.146. The van der Waals surface area contributed by atoms with E-state index in [1.54, 1.807) is 44.7 Å². The zero-order valence-electron chi connectivity index (χ0n) is 28.9. The lowest BCUT2D eigenvalue weighted by atomic mass is 9.93. The highest BCUT2D eigenvalue weighted by atomic mass is 16.6. The Hall–Kier alpha value is -4.08. The highest BCUT2D eigenvalue weighted by Crippen LogP contribution is 2.30. The first kappa shape index (κ1) is 38.1. The monoisotopic (exact) mass is 639 g/mol. The van der Waals surface area contributed by atoms with E-state index >= 15 is 0 Å². The summed E-state index contributed by atoms with van der Waals surface area (Å²) >= 11 is 0. The first-order valence-electron chi connectivity index (χ1n) is 16.1. The molecule has 0 aliphatic rings. The standard InChI is InChI=1S/C36H53N3O7/c1-10-45-31(41)19-20-37-33(42)32(29-18-12-24(4)21-25(29)5)39(26(6)13-11-23(2)3)34(43)30(38-35(44)46-36(7,8)9)22-27-14-16-28(40)17-15-27/h12,14-18,21,23,26,30,32,40H,10-11,13,19-20,22H2,1-9H3,(H,37,42)(H,38,44). The Morgan fingerprint density at radius 3 is 2.17 bits per heavy atom. The van der Waals surface area contributed by atoms with Crippen molar-refractivity contribution < 1.29 is 33.8 Å². The van der Waals surface area contributed by atoms with Gasteiger partial charge in [-0.2, -0.15) is 0 Å². The molecule has 0 fully saturated rings. The van der Waals surface area contributed by atoms with Gasteiger partial charge in [0.15, 0.2) is 0 Å². The number of nitrogens with one attached hydrogen (secondary N) is 2. The zero-order valence-corrected chi connectivity index (χ0v) is 28.9. The second kappa shape index (κ2) is 17.6. The molecule has 3 unspecified atom stereocenters. The third-order valence-corrected chi connectivity index (χ3v) is 7.44. The summed E-state index contributed by atoms with van der Waals surface area (Å²) in [5.41, 5.74) is 2.37. The largest absolute Gasteiger partial charge is 0.508 e. The van der Waals surface area contributed by atoms with Crippen LogP contribution in [0.4, 0.5) is 4.79 Å². The van der Waals surface area contributed by atoms with Gasteiger partial charge in [0.1, 0.15) is 23.4 Å². The van der Waals surface area contributed by atoms with Crippen LogP contribution in [-0.4, -0.2) is 64.7 Å². The molecule has 0 spiro atoms. The number of aromatic hydroxyl groups is 1. The van der Waals surface area contributed by atoms with Gasteiger partial charge in [-0.15, -0.1) is 0 Å². The van der Waals surface area contributed by atoms with E-state index in [4.69, 9.17) is 9.47 Å². The summed E-state index contributed by atoms with van der Waals surface area (Å²) in [6.07, 6.45) is 0.729. The predicted molar refractivity (Wildman–Crippen MR) is 178 cm³/mol. The molecule has 10 nitrogen and oxygen atoms in total. The second-order valence-electron chi connectivity index (χ2n) is 13.2. The number of esters is 1. The molecule has 0 radical (unpaired) electrons. The van der Waals surface area contributed by atoms with Crippen molar-refractivity contribution in [2.45, 2.75) is 112 Å². The molecule has 3 atom stereocenters. The minimum Gasteiger partial charge on any atom is -0.508 e. The van der Waals surface area contributed by atoms with E-state index in [1.807, 2.05) is 39.0 Å². The minimum absolute atomic E-state index is 0.0142. The van der Waals surface area contributed by atoms with Crippen LogP contribution in [0, 0.1) is 19.8 Å². The highest BCUT2D eigenvalue weighted by molar-refractivity contribution is 5.93. The van der Waals surface area contributed by atoms with Gasteiger partial charge in [-0.25, -0.2) is 4.79 Å². The quantitative estimate of drug-likeness (QED) is 0.206. The van der Waals surface area contributed by atoms with E-state index < -0.39 is 47.6 Å². The van der Waals surface area contributed by atoms with Crippen LogP contribution >= 0.6 is 0 Å². The van der Waals surface area contributed by atoms with Crippen molar-refractivity contribution in [2.75, 3.05) is 13.2 Å². The molecule has 0 saturated carbocycles. The van der Waals surface area contributed by atoms with Crippen molar-refractivity contribution in [3.63, 3.8) is 0 Å². The topological polar surface area (TPSA) is 134 Å². The van der Waals surface area contributed by atoms with Crippen molar-refractivity contribution in [2.24, 2.45) is 5.92 Å². The summed E-state index contributed by atoms with van der Waals surface area (Å²) in [5, 5.41) is 15.5. The van der Waals surface area contributed by atoms with Crippen LogP contribution in [0.3, 0.4) is 0 Å². The van der Waals surface area contributed by atoms with Gasteiger partial charge in [0.2, 0.25) is 11.8 Å². The molecular weight excluding hydrogens is 586 g/mol. The second-order valence-corrected chi connectivity index (χ2v) is 13.2. The molecule has 10 heteroatoms. The maximum atomic E-state index is 14.8. The number of ether oxygens (including phenoxy) is 2. The summed E-state index contributed by atoms with van der Waals surface area (Å²) in [6, 6.07) is 9.56. The molecule has 0 aromatic heterocycles. The number of phenolic OH excluding ortho intramolecular Hbond substituents is 1. The summed E-state index contributed by atoms with van der Waals surface area (Å²) in [4.78, 5) is 55.6. The summed E-state index contributed by atoms with van der Waals surface area (Å²) < 4.78 is 10.6. The molecule has 3 amide bonds. The number of amides is 3. The molecule has 0 aliphatic heterocycles. The number of carbonyl (C=O) groups excluding carboxylic acids is 4. The Morgan fingerprint density at radius 2 is 1.61 bits per heavy atom. The summed E-state index contributed by atoms with van der Waals surface area (Å²) in [5.74, 6) is -0.905. The number of carbonyl (C=O) groups is 4. The maximum Gasteiger partial charge on any atom is 0.408 e. The number of hydrogen-bond donors (Lipinski definition) is 3. The van der Waals surface area contributed by atoms with Gasteiger partial charge >= 0.3 is 12.1 Å². The van der Waals surface area contributed by atoms with Gasteiger partial charge < -0.3 is 30.1 Å². The fourth-order valence-electron chi connectivity index (χ4n) is 5.18. The molecule has 46 heavy (non-hydrogen) atoms. The number of aryl methyl sites for hydroxylation is 2. The van der Waals surface area contributed by atoms with Gasteiger partial charge in [-0.05, 0) is 96.0 Å².